The number of benzene rings is 4. The van der Waals surface area contributed by atoms with Crippen LogP contribution in [0.5, 0.6) is 11.5 Å². The number of aromatic nitrogens is 2. The van der Waals surface area contributed by atoms with Crippen LogP contribution in [0.2, 0.25) is 0 Å². The molecule has 5 N–H and O–H groups in total. The topological polar surface area (TPSA) is 193 Å². The van der Waals surface area contributed by atoms with E-state index in [0.29, 0.717) is 71.6 Å². The maximum absolute atomic E-state index is 14.6. The van der Waals surface area contributed by atoms with Gasteiger partial charge in [0.15, 0.2) is 11.3 Å². The Labute approximate surface area is 346 Å². The van der Waals surface area contributed by atoms with Crippen LogP contribution in [-0.4, -0.2) is 60.7 Å². The SMILES string of the molecule is [C-]#[N+]c1ccc(NC(=O)[C@](C)(COc2ccc(C#N)cc2)OCCCCCOc2ccc([C@H]3Nc4cc(F)cc5c(=O)[nH]nc(c45)[C@@H]3C(N=CN)=NC)cc2)cc1C(F)(F)F. The van der Waals surface area contributed by atoms with Crippen LogP contribution in [-0.2, 0) is 15.7 Å². The second-order valence-electron chi connectivity index (χ2n) is 14.1. The van der Waals surface area contributed by atoms with Crippen LogP contribution >= 0.6 is 0 Å². The Morgan fingerprint density at radius 3 is 2.41 bits per heavy atom. The van der Waals surface area contributed by atoms with Crippen LogP contribution in [0.25, 0.3) is 15.6 Å². The number of carbonyl (C=O) groups excluding carboxylic acids is 1. The molecule has 3 atom stereocenters. The average molecular weight is 838 g/mol. The molecule has 0 fully saturated rings. The second-order valence-corrected chi connectivity index (χ2v) is 14.1. The number of H-pyrrole nitrogens is 1. The number of nitrogens with zero attached hydrogens (tertiary/aromatic N) is 5. The first-order valence-electron chi connectivity index (χ1n) is 18.9. The van der Waals surface area contributed by atoms with E-state index >= 15 is 0 Å². The Bertz CT molecular complexity index is 2600. The third kappa shape index (κ3) is 9.94. The van der Waals surface area contributed by atoms with Gasteiger partial charge in [0.2, 0.25) is 0 Å². The molecule has 0 saturated heterocycles. The predicted molar refractivity (Wildman–Crippen MR) is 221 cm³/mol. The van der Waals surface area contributed by atoms with Gasteiger partial charge >= 0.3 is 6.18 Å². The van der Waals surface area contributed by atoms with Gasteiger partial charge in [0.25, 0.3) is 11.5 Å². The number of nitriles is 1. The van der Waals surface area contributed by atoms with E-state index in [1.165, 1.54) is 31.2 Å². The predicted octanol–water partition coefficient (Wildman–Crippen LogP) is 7.81. The van der Waals surface area contributed by atoms with Crippen LogP contribution < -0.4 is 31.4 Å². The highest BCUT2D eigenvalue weighted by molar-refractivity contribution is 6.04. The second kappa shape index (κ2) is 18.7. The van der Waals surface area contributed by atoms with Gasteiger partial charge in [-0.2, -0.15) is 23.5 Å². The van der Waals surface area contributed by atoms with Crippen molar-refractivity contribution in [3.63, 3.8) is 0 Å². The van der Waals surface area contributed by atoms with E-state index in [0.717, 1.165) is 24.0 Å². The molecule has 61 heavy (non-hydrogen) atoms. The number of nitrogens with one attached hydrogen (secondary N) is 3. The highest BCUT2D eigenvalue weighted by Crippen LogP contribution is 2.45. The largest absolute Gasteiger partial charge is 0.494 e. The number of aromatic amines is 1. The van der Waals surface area contributed by atoms with Crippen molar-refractivity contribution in [3.05, 3.63) is 129 Å². The molecular weight excluding hydrogens is 799 g/mol. The van der Waals surface area contributed by atoms with E-state index in [9.17, 15) is 27.2 Å². The fourth-order valence-corrected chi connectivity index (χ4v) is 6.80. The smallest absolute Gasteiger partial charge is 0.407 e. The Kier molecular flexibility index (Phi) is 13.3. The van der Waals surface area contributed by atoms with Gasteiger partial charge in [-0.05, 0) is 92.4 Å². The molecule has 0 saturated carbocycles. The van der Waals surface area contributed by atoms with E-state index in [4.69, 9.17) is 31.8 Å². The van der Waals surface area contributed by atoms with E-state index < -0.39 is 52.3 Å². The molecule has 1 aromatic heterocycles. The maximum Gasteiger partial charge on any atom is 0.407 e. The molecule has 1 amide bonds. The summed E-state index contributed by atoms with van der Waals surface area (Å²) in [5, 5.41) is 22.3. The number of anilines is 2. The fraction of sp³-hybridized carbons (Fsp3) is 0.279. The van der Waals surface area contributed by atoms with Crippen LogP contribution in [0.3, 0.4) is 0 Å². The number of rotatable bonds is 15. The van der Waals surface area contributed by atoms with Crippen molar-refractivity contribution >= 4 is 45.9 Å². The van der Waals surface area contributed by atoms with Gasteiger partial charge in [-0.3, -0.25) is 14.6 Å². The summed E-state index contributed by atoms with van der Waals surface area (Å²) >= 11 is 0. The lowest BCUT2D eigenvalue weighted by atomic mass is 9.83. The van der Waals surface area contributed by atoms with Gasteiger partial charge in [-0.1, -0.05) is 18.2 Å². The molecule has 14 nitrogen and oxygen atoms in total. The van der Waals surface area contributed by atoms with Gasteiger partial charge in [0.05, 0.1) is 59.8 Å². The molecule has 0 bridgehead atoms. The van der Waals surface area contributed by atoms with Gasteiger partial charge in [0.1, 0.15) is 29.8 Å². The number of unbranched alkanes of at least 4 members (excludes halogenated alkanes) is 2. The Hall–Kier alpha value is -7.31. The van der Waals surface area contributed by atoms with Crippen LogP contribution in [0.4, 0.5) is 34.6 Å². The van der Waals surface area contributed by atoms with E-state index in [1.807, 2.05) is 18.2 Å². The zero-order valence-corrected chi connectivity index (χ0v) is 32.8. The van der Waals surface area contributed by atoms with Crippen molar-refractivity contribution in [2.24, 2.45) is 15.7 Å². The highest BCUT2D eigenvalue weighted by atomic mass is 19.4. The van der Waals surface area contributed by atoms with E-state index in [-0.39, 0.29) is 24.3 Å². The van der Waals surface area contributed by atoms with Gasteiger partial charge in [-0.15, -0.1) is 0 Å². The summed E-state index contributed by atoms with van der Waals surface area (Å²) in [7, 11) is 1.56. The van der Waals surface area contributed by atoms with Crippen molar-refractivity contribution in [2.45, 2.75) is 49.9 Å². The summed E-state index contributed by atoms with van der Waals surface area (Å²) in [5.41, 5.74) is 3.52. The number of amides is 1. The molecule has 1 aliphatic rings. The molecule has 2 heterocycles. The first-order valence-corrected chi connectivity index (χ1v) is 18.9. The summed E-state index contributed by atoms with van der Waals surface area (Å²) in [4.78, 5) is 37.7. The lowest BCUT2D eigenvalue weighted by Crippen LogP contribution is -2.48. The number of alkyl halides is 3. The molecule has 0 aliphatic carbocycles. The van der Waals surface area contributed by atoms with Crippen LogP contribution in [0, 0.1) is 23.7 Å². The number of ether oxygens (including phenoxy) is 3. The first kappa shape index (κ1) is 43.3. The molecule has 4 aromatic carbocycles. The standard InChI is InChI=1S/C43H39F4N9O5/c1-42(23-60-30-12-7-25(22-48)8-13-30,41(58)53-28-11-16-33(50-2)32(21-28)43(45,46)47)61-18-6-4-5-17-59-29-14-9-26(10-15-29)37-36(39(51-3)52-24-49)38-35-31(40(57)56-55-38)19-27(44)20-34(35)54-37/h7-16,19-21,24,36-37,54H,4-6,17-18,23H2,1,3H3,(H,53,58)(H,56,57)(H2,49,51,52)/t36-,37-,42+/m1/s1. The normalized spacial score (nSPS) is 16.0. The number of nitrogens with two attached hydrogens (primary N) is 1. The van der Waals surface area contributed by atoms with Crippen molar-refractivity contribution in [1.82, 2.24) is 10.2 Å². The molecule has 0 spiro atoms. The monoisotopic (exact) mass is 837 g/mol. The Morgan fingerprint density at radius 2 is 1.74 bits per heavy atom. The molecular formula is C43H39F4N9O5. The van der Waals surface area contributed by atoms with E-state index in [1.54, 1.807) is 31.3 Å². The highest BCUT2D eigenvalue weighted by Gasteiger charge is 2.39. The van der Waals surface area contributed by atoms with Crippen molar-refractivity contribution in [2.75, 3.05) is 37.5 Å². The number of carbonyl (C=O) groups is 1. The number of halogens is 4. The van der Waals surface area contributed by atoms with Crippen molar-refractivity contribution < 1.29 is 36.6 Å². The minimum absolute atomic E-state index is 0.0934. The zero-order valence-electron chi connectivity index (χ0n) is 32.8. The van der Waals surface area contributed by atoms with Crippen LogP contribution in [0.15, 0.2) is 93.6 Å². The van der Waals surface area contributed by atoms with Crippen molar-refractivity contribution in [3.8, 4) is 17.6 Å². The number of hydrogen-bond acceptors (Lipinski definition) is 9. The zero-order chi connectivity index (χ0) is 43.7. The Balaban J connectivity index is 1.07. The quantitative estimate of drug-likeness (QED) is 0.0268. The molecule has 6 rings (SSSR count). The average Bonchev–Trinajstić information content (AvgIpc) is 3.25. The van der Waals surface area contributed by atoms with E-state index in [2.05, 4.69) is 35.7 Å². The number of amidine groups is 1. The Morgan fingerprint density at radius 1 is 1.03 bits per heavy atom. The van der Waals surface area contributed by atoms with Gasteiger partial charge in [0, 0.05) is 30.4 Å². The fourth-order valence-electron chi connectivity index (χ4n) is 6.80. The summed E-state index contributed by atoms with van der Waals surface area (Å²) < 4.78 is 73.4. The van der Waals surface area contributed by atoms with Crippen LogP contribution in [0.1, 0.15) is 60.5 Å². The molecule has 5 aromatic rings. The molecule has 18 heteroatoms. The lowest BCUT2D eigenvalue weighted by Gasteiger charge is -2.34. The lowest BCUT2D eigenvalue weighted by molar-refractivity contribution is -0.143. The first-order chi connectivity index (χ1) is 29.3. The number of hydrogen-bond donors (Lipinski definition) is 4. The summed E-state index contributed by atoms with van der Waals surface area (Å²) in [6.07, 6.45) is -1.96. The maximum atomic E-state index is 14.6. The molecule has 1 aliphatic heterocycles. The molecule has 0 unspecified atom stereocenters. The van der Waals surface area contributed by atoms with Crippen molar-refractivity contribution in [1.29, 1.82) is 5.26 Å². The van der Waals surface area contributed by atoms with Gasteiger partial charge in [-0.25, -0.2) is 19.3 Å². The minimum Gasteiger partial charge on any atom is -0.494 e. The summed E-state index contributed by atoms with van der Waals surface area (Å²) in [6.45, 7) is 8.67. The third-order valence-electron chi connectivity index (χ3n) is 9.91. The third-order valence-corrected chi connectivity index (χ3v) is 9.91. The molecule has 314 valence electrons. The summed E-state index contributed by atoms with van der Waals surface area (Å²) in [5.74, 6) is -0.700. The minimum atomic E-state index is -4.81. The summed E-state index contributed by atoms with van der Waals surface area (Å²) in [6, 6.07) is 20.2. The molecule has 0 radical (unpaired) electrons. The van der Waals surface area contributed by atoms with Gasteiger partial charge < -0.3 is 30.6 Å². The number of aliphatic imine (C=N–C) groups is 2.